The van der Waals surface area contributed by atoms with Gasteiger partial charge < -0.3 is 10.6 Å². The largest absolute Gasteiger partial charge is 0.399 e. The molecular weight excluding hydrogens is 341 g/mol. The van der Waals surface area contributed by atoms with Gasteiger partial charge in [0.1, 0.15) is 0 Å². The van der Waals surface area contributed by atoms with Crippen LogP contribution in [0.5, 0.6) is 0 Å². The minimum Gasteiger partial charge on any atom is -0.399 e. The first-order valence-corrected chi connectivity index (χ1v) is 8.09. The number of hydrogen-bond acceptors (Lipinski definition) is 3. The average molecular weight is 366 g/mol. The third-order valence-corrected chi connectivity index (χ3v) is 5.18. The minimum absolute atomic E-state index is 0. The topological polar surface area (TPSA) is 32.5 Å². The van der Waals surface area contributed by atoms with E-state index >= 15 is 0 Å². The third kappa shape index (κ3) is 3.40. The van der Waals surface area contributed by atoms with Gasteiger partial charge in [0.15, 0.2) is 0 Å². The van der Waals surface area contributed by atoms with Crippen LogP contribution in [-0.2, 0) is 0 Å². The van der Waals surface area contributed by atoms with Crippen molar-refractivity contribution < 1.29 is 0 Å². The smallest absolute Gasteiger partial charge is 0.0478 e. The highest BCUT2D eigenvalue weighted by Gasteiger charge is 2.36. The van der Waals surface area contributed by atoms with Crippen LogP contribution in [0, 0.1) is 0 Å². The van der Waals surface area contributed by atoms with Crippen LogP contribution in [-0.4, -0.2) is 43.0 Å². The number of anilines is 1. The lowest BCUT2D eigenvalue weighted by atomic mass is 9.80. The van der Waals surface area contributed by atoms with Crippen LogP contribution >= 0.6 is 24.8 Å². The van der Waals surface area contributed by atoms with Crippen molar-refractivity contribution in [3.05, 3.63) is 65.2 Å². The maximum atomic E-state index is 5.86. The van der Waals surface area contributed by atoms with Crippen molar-refractivity contribution in [1.82, 2.24) is 9.80 Å². The monoisotopic (exact) mass is 365 g/mol. The highest BCUT2D eigenvalue weighted by molar-refractivity contribution is 5.85. The molecule has 24 heavy (non-hydrogen) atoms. The van der Waals surface area contributed by atoms with E-state index in [4.69, 9.17) is 5.73 Å². The number of nitrogens with zero attached hydrogens (tertiary/aromatic N) is 2. The highest BCUT2D eigenvalue weighted by atomic mass is 35.5. The molecule has 2 N–H and O–H groups in total. The number of nitrogens with two attached hydrogens (primary N) is 1. The molecular formula is C19H25Cl2N3. The van der Waals surface area contributed by atoms with E-state index in [0.717, 1.165) is 31.9 Å². The van der Waals surface area contributed by atoms with Gasteiger partial charge in [-0.05, 0) is 35.9 Å². The first kappa shape index (κ1) is 19.1. The van der Waals surface area contributed by atoms with Crippen molar-refractivity contribution in [2.24, 2.45) is 0 Å². The van der Waals surface area contributed by atoms with Crippen LogP contribution in [0.2, 0.25) is 0 Å². The van der Waals surface area contributed by atoms with E-state index in [2.05, 4.69) is 53.2 Å². The van der Waals surface area contributed by atoms with Gasteiger partial charge in [0, 0.05) is 43.8 Å². The Balaban J connectivity index is 0.00000104. The molecule has 0 aliphatic carbocycles. The number of hydrogen-bond donors (Lipinski definition) is 1. The fourth-order valence-corrected chi connectivity index (χ4v) is 3.95. The van der Waals surface area contributed by atoms with E-state index in [1.807, 2.05) is 12.1 Å². The molecule has 0 bridgehead atoms. The first-order valence-electron chi connectivity index (χ1n) is 8.09. The molecule has 0 amide bonds. The number of rotatable bonds is 1. The summed E-state index contributed by atoms with van der Waals surface area (Å²) in [5.74, 6) is 0.455. The Morgan fingerprint density at radius 3 is 2.25 bits per heavy atom. The maximum absolute atomic E-state index is 5.86. The zero-order valence-electron chi connectivity index (χ0n) is 13.9. The lowest BCUT2D eigenvalue weighted by molar-refractivity contribution is 0.0772. The molecule has 2 aromatic rings. The molecule has 1 fully saturated rings. The molecule has 4 rings (SSSR count). The molecule has 0 unspecified atom stereocenters. The Morgan fingerprint density at radius 2 is 1.54 bits per heavy atom. The lowest BCUT2D eigenvalue weighted by Crippen LogP contribution is -2.50. The van der Waals surface area contributed by atoms with Gasteiger partial charge in [-0.1, -0.05) is 36.4 Å². The zero-order valence-corrected chi connectivity index (χ0v) is 15.5. The predicted octanol–water partition coefficient (Wildman–Crippen LogP) is 3.55. The van der Waals surface area contributed by atoms with Crippen molar-refractivity contribution in [3.8, 4) is 0 Å². The number of nitrogen functional groups attached to an aromatic ring is 1. The Hall–Kier alpha value is -1.26. The molecule has 2 atom stereocenters. The Labute approximate surface area is 156 Å². The summed E-state index contributed by atoms with van der Waals surface area (Å²) < 4.78 is 0. The normalized spacial score (nSPS) is 23.4. The summed E-state index contributed by atoms with van der Waals surface area (Å²) in [6.07, 6.45) is 0. The Morgan fingerprint density at radius 1 is 0.875 bits per heavy atom. The average Bonchev–Trinajstić information content (AvgIpc) is 2.55. The van der Waals surface area contributed by atoms with Crippen molar-refractivity contribution in [1.29, 1.82) is 0 Å². The molecule has 2 aliphatic rings. The number of piperazine rings is 1. The van der Waals surface area contributed by atoms with Crippen LogP contribution in [0.3, 0.4) is 0 Å². The minimum atomic E-state index is 0. The van der Waals surface area contributed by atoms with Crippen LogP contribution in [0.15, 0.2) is 48.5 Å². The van der Waals surface area contributed by atoms with Gasteiger partial charge in [-0.15, -0.1) is 24.8 Å². The third-order valence-electron chi connectivity index (χ3n) is 5.18. The summed E-state index contributed by atoms with van der Waals surface area (Å²) in [5.41, 5.74) is 11.1. The van der Waals surface area contributed by atoms with Crippen LogP contribution < -0.4 is 5.73 Å². The van der Waals surface area contributed by atoms with Gasteiger partial charge in [-0.3, -0.25) is 4.90 Å². The van der Waals surface area contributed by atoms with E-state index in [0.29, 0.717) is 12.0 Å². The molecule has 0 spiro atoms. The van der Waals surface area contributed by atoms with Gasteiger partial charge >= 0.3 is 0 Å². The molecule has 2 heterocycles. The fraction of sp³-hybridized carbons (Fsp3) is 0.368. The van der Waals surface area contributed by atoms with Crippen molar-refractivity contribution in [2.45, 2.75) is 12.0 Å². The number of likely N-dealkylation sites (N-methyl/N-ethyl adjacent to an activating group) is 1. The Bertz CT molecular complexity index is 675. The zero-order chi connectivity index (χ0) is 15.1. The lowest BCUT2D eigenvalue weighted by Gasteiger charge is -2.46. The standard InChI is InChI=1S/C19H23N3.2ClH/c1-21-10-11-22-12-18(14-6-8-15(20)9-7-14)16-4-2-3-5-17(16)19(22)13-21;;/h2-9,18-19H,10-13,20H2,1H3;2*1H/t18-,19+;;/m0../s1. The molecule has 0 saturated carbocycles. The van der Waals surface area contributed by atoms with E-state index in [1.54, 1.807) is 0 Å². The summed E-state index contributed by atoms with van der Waals surface area (Å²) in [7, 11) is 2.23. The van der Waals surface area contributed by atoms with Crippen molar-refractivity contribution in [2.75, 3.05) is 39.0 Å². The second kappa shape index (κ2) is 7.75. The summed E-state index contributed by atoms with van der Waals surface area (Å²) in [6, 6.07) is 17.9. The highest BCUT2D eigenvalue weighted by Crippen LogP contribution is 2.40. The second-order valence-corrected chi connectivity index (χ2v) is 6.62. The van der Waals surface area contributed by atoms with Gasteiger partial charge in [0.2, 0.25) is 0 Å². The molecule has 2 aromatic carbocycles. The maximum Gasteiger partial charge on any atom is 0.0478 e. The van der Waals surface area contributed by atoms with E-state index in [1.165, 1.54) is 16.7 Å². The fourth-order valence-electron chi connectivity index (χ4n) is 3.95. The van der Waals surface area contributed by atoms with Crippen LogP contribution in [0.1, 0.15) is 28.7 Å². The summed E-state index contributed by atoms with van der Waals surface area (Å²) in [5, 5.41) is 0. The molecule has 3 nitrogen and oxygen atoms in total. The van der Waals surface area contributed by atoms with Crippen LogP contribution in [0.25, 0.3) is 0 Å². The Kier molecular flexibility index (Phi) is 6.16. The second-order valence-electron chi connectivity index (χ2n) is 6.62. The molecule has 130 valence electrons. The van der Waals surface area contributed by atoms with Gasteiger partial charge in [-0.2, -0.15) is 0 Å². The molecule has 5 heteroatoms. The number of halogens is 2. The van der Waals surface area contributed by atoms with E-state index in [-0.39, 0.29) is 24.8 Å². The van der Waals surface area contributed by atoms with Crippen molar-refractivity contribution >= 4 is 30.5 Å². The SMILES string of the molecule is CN1CCN2C[C@@H](c3ccc(N)cc3)c3ccccc3[C@H]2C1.Cl.Cl. The van der Waals surface area contributed by atoms with E-state index in [9.17, 15) is 0 Å². The molecule has 0 aromatic heterocycles. The van der Waals surface area contributed by atoms with Gasteiger partial charge in [-0.25, -0.2) is 0 Å². The number of benzene rings is 2. The summed E-state index contributed by atoms with van der Waals surface area (Å²) in [4.78, 5) is 5.10. The van der Waals surface area contributed by atoms with Crippen LogP contribution in [0.4, 0.5) is 5.69 Å². The van der Waals surface area contributed by atoms with E-state index < -0.39 is 0 Å². The van der Waals surface area contributed by atoms with Gasteiger partial charge in [0.05, 0.1) is 0 Å². The van der Waals surface area contributed by atoms with Gasteiger partial charge in [0.25, 0.3) is 0 Å². The summed E-state index contributed by atoms with van der Waals surface area (Å²) in [6.45, 7) is 4.55. The molecule has 1 saturated heterocycles. The summed E-state index contributed by atoms with van der Waals surface area (Å²) >= 11 is 0. The number of fused-ring (bicyclic) bond motifs is 3. The predicted molar refractivity (Wildman–Crippen MR) is 105 cm³/mol. The molecule has 2 aliphatic heterocycles. The molecule has 0 radical (unpaired) electrons. The van der Waals surface area contributed by atoms with Crippen molar-refractivity contribution in [3.63, 3.8) is 0 Å². The quantitative estimate of drug-likeness (QED) is 0.784. The first-order chi connectivity index (χ1) is 10.7.